The van der Waals surface area contributed by atoms with Crippen molar-refractivity contribution in [2.75, 3.05) is 18.9 Å². The van der Waals surface area contributed by atoms with Crippen molar-refractivity contribution in [1.29, 1.82) is 0 Å². The number of rotatable bonds is 7. The molecule has 2 aromatic heterocycles. The minimum Gasteiger partial charge on any atom is -0.384 e. The van der Waals surface area contributed by atoms with E-state index in [1.54, 1.807) is 4.57 Å². The van der Waals surface area contributed by atoms with E-state index in [0.717, 1.165) is 28.7 Å². The summed E-state index contributed by atoms with van der Waals surface area (Å²) in [5.74, 6) is 0.0626. The van der Waals surface area contributed by atoms with Crippen molar-refractivity contribution in [3.05, 3.63) is 59.7 Å². The highest BCUT2D eigenvalue weighted by Crippen LogP contribution is 2.31. The minimum absolute atomic E-state index is 0.169. The molecule has 4 rings (SSSR count). The summed E-state index contributed by atoms with van der Waals surface area (Å²) >= 11 is 0. The number of anilines is 1. The monoisotopic (exact) mass is 417 g/mol. The second kappa shape index (κ2) is 8.73. The third-order valence-electron chi connectivity index (χ3n) is 5.07. The van der Waals surface area contributed by atoms with Crippen LogP contribution in [0.1, 0.15) is 36.2 Å². The van der Waals surface area contributed by atoms with Gasteiger partial charge >= 0.3 is 0 Å². The van der Waals surface area contributed by atoms with Crippen LogP contribution < -0.4 is 11.1 Å². The molecule has 0 aliphatic rings. The molecule has 3 N–H and O–H groups in total. The average Bonchev–Trinajstić information content (AvgIpc) is 3.03. The second-order valence-corrected chi connectivity index (χ2v) is 7.84. The van der Waals surface area contributed by atoms with Crippen molar-refractivity contribution in [3.8, 4) is 5.69 Å². The molecule has 7 heteroatoms. The van der Waals surface area contributed by atoms with Crippen molar-refractivity contribution >= 4 is 33.9 Å². The molecule has 4 aromatic rings. The number of ether oxygens (including phenoxy) is 1. The number of aryl methyl sites for hydroxylation is 1. The molecule has 7 nitrogen and oxygen atoms in total. The van der Waals surface area contributed by atoms with Crippen molar-refractivity contribution in [2.45, 2.75) is 33.3 Å². The smallest absolute Gasteiger partial charge is 0.257 e. The fourth-order valence-corrected chi connectivity index (χ4v) is 3.52. The van der Waals surface area contributed by atoms with Gasteiger partial charge in [0.05, 0.1) is 17.1 Å². The summed E-state index contributed by atoms with van der Waals surface area (Å²) in [6.07, 6.45) is 0.886. The van der Waals surface area contributed by atoms with Crippen LogP contribution in [-0.2, 0) is 4.74 Å². The lowest BCUT2D eigenvalue weighted by molar-refractivity contribution is 0.0757. The molecule has 0 aliphatic carbocycles. The van der Waals surface area contributed by atoms with Gasteiger partial charge in [0, 0.05) is 18.8 Å². The van der Waals surface area contributed by atoms with E-state index in [1.807, 2.05) is 69.3 Å². The molecule has 2 aromatic carbocycles. The highest BCUT2D eigenvalue weighted by Gasteiger charge is 2.24. The summed E-state index contributed by atoms with van der Waals surface area (Å²) in [5.41, 5.74) is 11.4. The van der Waals surface area contributed by atoms with E-state index in [9.17, 15) is 4.79 Å². The van der Waals surface area contributed by atoms with Crippen LogP contribution in [0.15, 0.2) is 48.5 Å². The van der Waals surface area contributed by atoms with Gasteiger partial charge in [-0.2, -0.15) is 0 Å². The van der Waals surface area contributed by atoms with Crippen LogP contribution in [0.2, 0.25) is 0 Å². The lowest BCUT2D eigenvalue weighted by atomic mass is 10.2. The Morgan fingerprint density at radius 1 is 1.10 bits per heavy atom. The quantitative estimate of drug-likeness (QED) is 0.443. The highest BCUT2D eigenvalue weighted by atomic mass is 16.5. The summed E-state index contributed by atoms with van der Waals surface area (Å²) in [6.45, 7) is 7.08. The normalized spacial score (nSPS) is 11.5. The molecule has 31 heavy (non-hydrogen) atoms. The number of carbonyl (C=O) groups is 1. The molecule has 2 heterocycles. The van der Waals surface area contributed by atoms with Gasteiger partial charge in [0.15, 0.2) is 5.65 Å². The van der Waals surface area contributed by atoms with Crippen LogP contribution in [-0.4, -0.2) is 39.7 Å². The SMILES string of the molecule is Cc1ccc(-n2c(N)c(C(=O)NCCCOC(C)C)c3nc4ccccc4nc32)cc1. The van der Waals surface area contributed by atoms with E-state index in [-0.39, 0.29) is 12.0 Å². The Morgan fingerprint density at radius 2 is 1.77 bits per heavy atom. The minimum atomic E-state index is -0.262. The lowest BCUT2D eigenvalue weighted by Crippen LogP contribution is -2.26. The number of nitrogen functional groups attached to an aromatic ring is 1. The van der Waals surface area contributed by atoms with Crippen molar-refractivity contribution in [3.63, 3.8) is 0 Å². The molecule has 0 radical (unpaired) electrons. The predicted octanol–water partition coefficient (Wildman–Crippen LogP) is 4.01. The number of nitrogens with zero attached hydrogens (tertiary/aromatic N) is 3. The summed E-state index contributed by atoms with van der Waals surface area (Å²) < 4.78 is 7.34. The third-order valence-corrected chi connectivity index (χ3v) is 5.07. The molecule has 0 spiro atoms. The Bertz CT molecular complexity index is 1230. The molecule has 0 unspecified atom stereocenters. The van der Waals surface area contributed by atoms with Crippen LogP contribution in [0.5, 0.6) is 0 Å². The molecule has 1 amide bonds. The maximum atomic E-state index is 13.1. The Balaban J connectivity index is 1.77. The summed E-state index contributed by atoms with van der Waals surface area (Å²) in [5, 5.41) is 2.95. The highest BCUT2D eigenvalue weighted by molar-refractivity contribution is 6.11. The Kier molecular flexibility index (Phi) is 5.86. The number of fused-ring (bicyclic) bond motifs is 2. The van der Waals surface area contributed by atoms with Gasteiger partial charge in [-0.3, -0.25) is 9.36 Å². The zero-order valence-corrected chi connectivity index (χ0v) is 18.1. The Labute approximate surface area is 181 Å². The molecule has 0 saturated heterocycles. The molecule has 0 fully saturated rings. The first-order chi connectivity index (χ1) is 15.0. The van der Waals surface area contributed by atoms with Crippen LogP contribution >= 0.6 is 0 Å². The Hall–Kier alpha value is -3.45. The maximum Gasteiger partial charge on any atom is 0.257 e. The van der Waals surface area contributed by atoms with Gasteiger partial charge in [-0.25, -0.2) is 9.97 Å². The zero-order chi connectivity index (χ0) is 22.0. The fourth-order valence-electron chi connectivity index (χ4n) is 3.52. The number of para-hydroxylation sites is 2. The van der Waals surface area contributed by atoms with E-state index < -0.39 is 0 Å². The number of hydrogen-bond donors (Lipinski definition) is 2. The van der Waals surface area contributed by atoms with Gasteiger partial charge in [0.25, 0.3) is 5.91 Å². The second-order valence-electron chi connectivity index (χ2n) is 7.84. The van der Waals surface area contributed by atoms with Gasteiger partial charge in [-0.05, 0) is 51.5 Å². The van der Waals surface area contributed by atoms with Crippen molar-refractivity contribution < 1.29 is 9.53 Å². The summed E-state index contributed by atoms with van der Waals surface area (Å²) in [4.78, 5) is 22.6. The van der Waals surface area contributed by atoms with Crippen LogP contribution in [0.4, 0.5) is 5.82 Å². The predicted molar refractivity (Wildman–Crippen MR) is 124 cm³/mol. The first-order valence-electron chi connectivity index (χ1n) is 10.5. The van der Waals surface area contributed by atoms with Crippen LogP contribution in [0, 0.1) is 6.92 Å². The first-order valence-corrected chi connectivity index (χ1v) is 10.5. The van der Waals surface area contributed by atoms with Crippen molar-refractivity contribution in [1.82, 2.24) is 19.9 Å². The number of aromatic nitrogens is 3. The zero-order valence-electron chi connectivity index (χ0n) is 18.1. The van der Waals surface area contributed by atoms with Gasteiger partial charge in [0.2, 0.25) is 0 Å². The number of amides is 1. The number of nitrogens with two attached hydrogens (primary N) is 1. The molecular weight excluding hydrogens is 390 g/mol. The molecule has 0 saturated carbocycles. The number of nitrogens with one attached hydrogen (secondary N) is 1. The summed E-state index contributed by atoms with van der Waals surface area (Å²) in [6, 6.07) is 15.5. The maximum absolute atomic E-state index is 13.1. The molecule has 0 bridgehead atoms. The van der Waals surface area contributed by atoms with Crippen LogP contribution in [0.3, 0.4) is 0 Å². The Morgan fingerprint density at radius 3 is 2.45 bits per heavy atom. The molecule has 0 aliphatic heterocycles. The fraction of sp³-hybridized carbons (Fsp3) is 0.292. The van der Waals surface area contributed by atoms with E-state index >= 15 is 0 Å². The van der Waals surface area contributed by atoms with E-state index in [0.29, 0.717) is 35.7 Å². The molecular formula is C24H27N5O2. The first kappa shape index (κ1) is 20.8. The van der Waals surface area contributed by atoms with E-state index in [1.165, 1.54) is 0 Å². The van der Waals surface area contributed by atoms with Gasteiger partial charge in [-0.15, -0.1) is 0 Å². The van der Waals surface area contributed by atoms with E-state index in [2.05, 4.69) is 5.32 Å². The molecule has 160 valence electrons. The van der Waals surface area contributed by atoms with Gasteiger partial charge in [0.1, 0.15) is 16.9 Å². The topological polar surface area (TPSA) is 95.1 Å². The number of carbonyl (C=O) groups excluding carboxylic acids is 1. The van der Waals surface area contributed by atoms with Crippen molar-refractivity contribution in [2.24, 2.45) is 0 Å². The van der Waals surface area contributed by atoms with Gasteiger partial charge < -0.3 is 15.8 Å². The van der Waals surface area contributed by atoms with Gasteiger partial charge in [-0.1, -0.05) is 29.8 Å². The summed E-state index contributed by atoms with van der Waals surface area (Å²) in [7, 11) is 0. The van der Waals surface area contributed by atoms with Crippen LogP contribution in [0.25, 0.3) is 27.9 Å². The van der Waals surface area contributed by atoms with E-state index in [4.69, 9.17) is 20.4 Å². The largest absolute Gasteiger partial charge is 0.384 e. The number of benzene rings is 2. The number of hydrogen-bond acceptors (Lipinski definition) is 5. The standard InChI is InChI=1S/C24H27N5O2/c1-15(2)31-14-6-13-26-24(30)20-21-23(28-19-8-5-4-7-18(19)27-21)29(22(20)25)17-11-9-16(3)10-12-17/h4-5,7-12,15H,6,13-14,25H2,1-3H3,(H,26,30). The third kappa shape index (κ3) is 4.22. The lowest BCUT2D eigenvalue weighted by Gasteiger charge is -2.09. The molecule has 0 atom stereocenters. The average molecular weight is 418 g/mol.